The number of benzene rings is 2. The average Bonchev–Trinajstić information content (AvgIpc) is 0.756. The number of hydrogen-bond acceptors (Lipinski definition) is 26. The van der Waals surface area contributed by atoms with Crippen LogP contribution in [0.15, 0.2) is 65.8 Å². The molecule has 28 nitrogen and oxygen atoms in total. The van der Waals surface area contributed by atoms with Crippen molar-refractivity contribution in [3.63, 3.8) is 0 Å². The zero-order valence-corrected chi connectivity index (χ0v) is 71.8. The molecule has 114 heavy (non-hydrogen) atoms. The van der Waals surface area contributed by atoms with Crippen molar-refractivity contribution in [3.8, 4) is 0 Å². The summed E-state index contributed by atoms with van der Waals surface area (Å²) < 4.78 is 105. The van der Waals surface area contributed by atoms with Gasteiger partial charge >= 0.3 is 53.7 Å². The number of azide groups is 1. The van der Waals surface area contributed by atoms with Crippen LogP contribution in [0.1, 0.15) is 260 Å². The van der Waals surface area contributed by atoms with Gasteiger partial charge in [0.25, 0.3) is 0 Å². The van der Waals surface area contributed by atoms with Crippen LogP contribution in [0, 0.1) is 32.5 Å². The van der Waals surface area contributed by atoms with Crippen LogP contribution in [0.5, 0.6) is 0 Å². The van der Waals surface area contributed by atoms with E-state index in [4.69, 9.17) is 75.8 Å². The van der Waals surface area contributed by atoms with Gasteiger partial charge in [0, 0.05) is 32.1 Å². The van der Waals surface area contributed by atoms with Crippen LogP contribution in [0.3, 0.4) is 0 Å². The maximum atomic E-state index is 15.2. The lowest BCUT2D eigenvalue weighted by molar-refractivity contribution is -0.367. The predicted octanol–water partition coefficient (Wildman–Crippen LogP) is 15.1. The normalized spacial score (nSPS) is 24.4. The van der Waals surface area contributed by atoms with Crippen molar-refractivity contribution in [2.24, 2.45) is 37.6 Å². The fourth-order valence-corrected chi connectivity index (χ4v) is 12.7. The summed E-state index contributed by atoms with van der Waals surface area (Å²) in [6.07, 6.45) is -13.3. The molecule has 0 amide bonds. The Balaban J connectivity index is 1.85. The van der Waals surface area contributed by atoms with Gasteiger partial charge < -0.3 is 75.8 Å². The number of nitrogens with zero attached hydrogens (tertiary/aromatic N) is 3. The lowest BCUT2D eigenvalue weighted by Crippen LogP contribution is -2.68. The molecule has 0 aromatic heterocycles. The highest BCUT2D eigenvalue weighted by molar-refractivity contribution is 5.78. The summed E-state index contributed by atoms with van der Waals surface area (Å²) in [6, 6.07) is 17.7. The van der Waals surface area contributed by atoms with Crippen LogP contribution < -0.4 is 0 Å². The van der Waals surface area contributed by atoms with E-state index in [-0.39, 0.29) is 19.6 Å². The SMILES string of the molecule is CCCCCCCCCCCCCC[C@@H](OCc1ccccc1)[C@@H](OCc1ccccc1)[C@H](C[C@@H]1O[C@H](COC(=O)C(C)(C)C)[C@@H](O[C@@H]2O[C@H](COC(=O)C(C)(C)C)[C@H](OC(=O)C(C)(C)C)[C@H](O[C@@H]3C[C@@H](OC(C)=O)[C@@H](OC(C)=O)[C@@H](COC(C)=O)O3)[C@H]2OC(=O)C(C)(C)C)[C@H](OC(=O)C(C)(C)C)[C@H]1OC(=O)C(C)(C)C)N=[N+]=[N-]. The quantitative estimate of drug-likeness (QED) is 0.0149. The monoisotopic (exact) mass is 1610 g/mol. The molecule has 0 aliphatic carbocycles. The largest absolute Gasteiger partial charge is 0.463 e. The Kier molecular flexibility index (Phi) is 38.3. The first kappa shape index (κ1) is 97.3. The number of esters is 9. The van der Waals surface area contributed by atoms with Gasteiger partial charge in [0.1, 0.15) is 56.4 Å². The summed E-state index contributed by atoms with van der Waals surface area (Å²) in [4.78, 5) is 130. The third-order valence-electron chi connectivity index (χ3n) is 19.2. The van der Waals surface area contributed by atoms with Crippen molar-refractivity contribution in [2.45, 2.75) is 366 Å². The minimum absolute atomic E-state index is 0.0106. The van der Waals surface area contributed by atoms with Crippen molar-refractivity contribution in [1.29, 1.82) is 0 Å². The second-order valence-electron chi connectivity index (χ2n) is 36.3. The Hall–Kier alpha value is -7.30. The van der Waals surface area contributed by atoms with Gasteiger partial charge in [-0.15, -0.1) is 0 Å². The molecule has 642 valence electrons. The van der Waals surface area contributed by atoms with Gasteiger partial charge in [0.15, 0.2) is 43.1 Å². The van der Waals surface area contributed by atoms with Crippen LogP contribution in [0.25, 0.3) is 10.4 Å². The first-order chi connectivity index (χ1) is 53.2. The molecule has 3 aliphatic rings. The maximum Gasteiger partial charge on any atom is 0.311 e. The number of rotatable bonds is 40. The minimum Gasteiger partial charge on any atom is -0.463 e. The summed E-state index contributed by atoms with van der Waals surface area (Å²) in [7, 11) is 0. The van der Waals surface area contributed by atoms with Crippen molar-refractivity contribution in [2.75, 3.05) is 19.8 Å². The Morgan fingerprint density at radius 3 is 1.26 bits per heavy atom. The maximum absolute atomic E-state index is 15.2. The molecule has 5 rings (SSSR count). The van der Waals surface area contributed by atoms with Gasteiger partial charge in [0.2, 0.25) is 0 Å². The van der Waals surface area contributed by atoms with Crippen LogP contribution in [-0.2, 0) is 132 Å². The summed E-state index contributed by atoms with van der Waals surface area (Å²) in [5.74, 6) is -7.48. The molecule has 3 heterocycles. The van der Waals surface area contributed by atoms with Gasteiger partial charge in [-0.05, 0) is 154 Å². The van der Waals surface area contributed by atoms with E-state index in [1.807, 2.05) is 60.7 Å². The molecule has 2 aromatic carbocycles. The predicted molar refractivity (Wildman–Crippen MR) is 420 cm³/mol. The van der Waals surface area contributed by atoms with Gasteiger partial charge in [-0.3, -0.25) is 43.2 Å². The van der Waals surface area contributed by atoms with Crippen LogP contribution in [0.2, 0.25) is 0 Å². The molecule has 3 saturated heterocycles. The van der Waals surface area contributed by atoms with Crippen LogP contribution >= 0.6 is 0 Å². The first-order valence-electron chi connectivity index (χ1n) is 40.5. The van der Waals surface area contributed by atoms with E-state index < -0.39 is 217 Å². The van der Waals surface area contributed by atoms with Crippen LogP contribution in [0.4, 0.5) is 0 Å². The van der Waals surface area contributed by atoms with E-state index in [0.717, 1.165) is 64.0 Å². The second kappa shape index (κ2) is 44.9. The second-order valence-corrected chi connectivity index (χ2v) is 36.3. The zero-order valence-electron chi connectivity index (χ0n) is 71.8. The molecular weight excluding hydrogens is 1470 g/mol. The van der Waals surface area contributed by atoms with Gasteiger partial charge in [-0.2, -0.15) is 0 Å². The Labute approximate surface area is 675 Å². The van der Waals surface area contributed by atoms with E-state index >= 15 is 14.4 Å². The number of unbranched alkanes of at least 4 members (excludes halogenated alkanes) is 11. The van der Waals surface area contributed by atoms with Crippen molar-refractivity contribution in [3.05, 3.63) is 82.2 Å². The number of hydrogen-bond donors (Lipinski definition) is 0. The molecule has 2 aromatic rings. The third-order valence-corrected chi connectivity index (χ3v) is 19.2. The standard InChI is InChI=1S/C86H133N3O25/c1-23-24-25-26-27-28-29-30-31-32-33-40-45-59(100-48-56-41-36-34-37-42-56)66(101-49-57-43-38-35-39-44-57)58(88-89-87)46-60-68(111-77(95)83(11,12)13)71(113-79(97)85(17,18)19)69(63(106-60)51-102-75(93)81(5,6)7)110-74-73(114-80(98)86(20,21)22)72(70(112-78(96)84(14,15)16)64(108-74)52-103-76(94)82(8,9)10)109-65-47-61(104-54(3)91)67(105-55(4)92)62(107-65)50-99-53(2)90/h34-39,41-44,58-74H,23-33,40,45-52H2,1-22H3/t58-,59+,60-,61+,62+,63+,64+,65+,66-,67+,68-,69+,70-,71+,72-,73+,74-/m0/s1. The van der Waals surface area contributed by atoms with Crippen LogP contribution in [-0.4, -0.2) is 178 Å². The fraction of sp³-hybridized carbons (Fsp3) is 0.756. The highest BCUT2D eigenvalue weighted by Crippen LogP contribution is 2.42. The van der Waals surface area contributed by atoms with Gasteiger partial charge in [-0.1, -0.05) is 150 Å². The zero-order chi connectivity index (χ0) is 85.1. The van der Waals surface area contributed by atoms with Gasteiger partial charge in [-0.25, -0.2) is 0 Å². The van der Waals surface area contributed by atoms with E-state index in [0.29, 0.717) is 12.8 Å². The van der Waals surface area contributed by atoms with E-state index in [1.165, 1.54) is 38.5 Å². The minimum atomic E-state index is -2.11. The third kappa shape index (κ3) is 32.3. The molecule has 0 radical (unpaired) electrons. The lowest BCUT2D eigenvalue weighted by Gasteiger charge is -2.51. The van der Waals surface area contributed by atoms with E-state index in [9.17, 15) is 34.3 Å². The van der Waals surface area contributed by atoms with Crippen molar-refractivity contribution >= 4 is 53.7 Å². The van der Waals surface area contributed by atoms with Crippen molar-refractivity contribution < 1.29 is 119 Å². The molecule has 0 unspecified atom stereocenters. The molecule has 28 heteroatoms. The molecule has 0 bridgehead atoms. The molecule has 3 aliphatic heterocycles. The summed E-state index contributed by atoms with van der Waals surface area (Å²) >= 11 is 0. The lowest BCUT2D eigenvalue weighted by atomic mass is 9.87. The van der Waals surface area contributed by atoms with Gasteiger partial charge in [0.05, 0.1) is 70.1 Å². The molecule has 0 spiro atoms. The summed E-state index contributed by atoms with van der Waals surface area (Å²) in [6.45, 7) is 32.1. The Morgan fingerprint density at radius 2 is 0.825 bits per heavy atom. The molecule has 3 fully saturated rings. The van der Waals surface area contributed by atoms with Crippen molar-refractivity contribution in [1.82, 2.24) is 0 Å². The highest BCUT2D eigenvalue weighted by Gasteiger charge is 2.60. The Bertz CT molecular complexity index is 3420. The first-order valence-corrected chi connectivity index (χ1v) is 40.5. The summed E-state index contributed by atoms with van der Waals surface area (Å²) in [5, 5.41) is 4.51. The topological polar surface area (TPSA) is 350 Å². The Morgan fingerprint density at radius 1 is 0.421 bits per heavy atom. The smallest absolute Gasteiger partial charge is 0.311 e. The molecule has 0 saturated carbocycles. The molecule has 0 N–H and O–H groups in total. The van der Waals surface area contributed by atoms with E-state index in [1.54, 1.807) is 125 Å². The number of carbonyl (C=O) groups excluding carboxylic acids is 9. The van der Waals surface area contributed by atoms with E-state index in [2.05, 4.69) is 16.9 Å². The summed E-state index contributed by atoms with van der Waals surface area (Å²) in [5.41, 5.74) is 4.87. The average molecular weight is 1610 g/mol. The number of carbonyl (C=O) groups is 9. The molecule has 17 atom stereocenters. The fourth-order valence-electron chi connectivity index (χ4n) is 12.7. The number of ether oxygens (including phenoxy) is 16. The molecular formula is C86H133N3O25. The highest BCUT2D eigenvalue weighted by atomic mass is 16.8.